The predicted octanol–water partition coefficient (Wildman–Crippen LogP) is 2.20. The Bertz CT molecular complexity index is 635. The highest BCUT2D eigenvalue weighted by atomic mass is 16.2. The third kappa shape index (κ3) is 2.05. The molecular formula is C15H18N4O. The maximum absolute atomic E-state index is 12.7. The molecule has 0 spiro atoms. The summed E-state index contributed by atoms with van der Waals surface area (Å²) in [6, 6.07) is 9.90. The Balaban J connectivity index is 1.88. The molecule has 2 N–H and O–H groups in total. The van der Waals surface area contributed by atoms with Crippen LogP contribution in [-0.2, 0) is 13.1 Å². The van der Waals surface area contributed by atoms with Gasteiger partial charge in [0.05, 0.1) is 0 Å². The van der Waals surface area contributed by atoms with E-state index in [0.29, 0.717) is 24.6 Å². The minimum atomic E-state index is -0.0147. The molecule has 0 fully saturated rings. The van der Waals surface area contributed by atoms with E-state index in [9.17, 15) is 4.79 Å². The van der Waals surface area contributed by atoms with Crippen molar-refractivity contribution in [3.05, 3.63) is 47.2 Å². The zero-order valence-electron chi connectivity index (χ0n) is 11.7. The van der Waals surface area contributed by atoms with Crippen LogP contribution < -0.4 is 5.73 Å². The Labute approximate surface area is 118 Å². The second-order valence-corrected chi connectivity index (χ2v) is 5.42. The quantitative estimate of drug-likeness (QED) is 0.910. The van der Waals surface area contributed by atoms with Crippen LogP contribution in [0.1, 0.15) is 41.5 Å². The van der Waals surface area contributed by atoms with Gasteiger partial charge in [-0.2, -0.15) is 5.10 Å². The summed E-state index contributed by atoms with van der Waals surface area (Å²) in [6.45, 7) is 5.28. The average molecular weight is 270 g/mol. The van der Waals surface area contributed by atoms with Crippen molar-refractivity contribution in [1.29, 1.82) is 0 Å². The lowest BCUT2D eigenvalue weighted by molar-refractivity contribution is 0.0736. The van der Waals surface area contributed by atoms with Crippen LogP contribution >= 0.6 is 0 Å². The fraction of sp³-hybridized carbons (Fsp3) is 0.333. The molecule has 0 saturated heterocycles. The van der Waals surface area contributed by atoms with Crippen LogP contribution in [0.25, 0.3) is 0 Å². The summed E-state index contributed by atoms with van der Waals surface area (Å²) < 4.78 is 1.70. The van der Waals surface area contributed by atoms with Crippen molar-refractivity contribution in [3.8, 4) is 0 Å². The highest BCUT2D eigenvalue weighted by molar-refractivity contribution is 5.93. The standard InChI is InChI=1S/C15H18N4O/c1-10(2)19-13(7-14(16)17-19)15(20)18-8-11-5-3-4-6-12(11)9-18/h3-7,10H,8-9H2,1-2H3,(H2,16,17). The lowest BCUT2D eigenvalue weighted by Gasteiger charge is -2.17. The fourth-order valence-corrected chi connectivity index (χ4v) is 2.61. The monoisotopic (exact) mass is 270 g/mol. The molecule has 5 nitrogen and oxygen atoms in total. The van der Waals surface area contributed by atoms with Gasteiger partial charge in [-0.05, 0) is 25.0 Å². The van der Waals surface area contributed by atoms with Gasteiger partial charge < -0.3 is 10.6 Å². The summed E-state index contributed by atoms with van der Waals surface area (Å²) in [4.78, 5) is 14.5. The number of carbonyl (C=O) groups excluding carboxylic acids is 1. The minimum Gasteiger partial charge on any atom is -0.382 e. The molecule has 2 heterocycles. The van der Waals surface area contributed by atoms with Crippen molar-refractivity contribution in [3.63, 3.8) is 0 Å². The van der Waals surface area contributed by atoms with Gasteiger partial charge in [0, 0.05) is 25.2 Å². The maximum atomic E-state index is 12.7. The zero-order chi connectivity index (χ0) is 14.3. The van der Waals surface area contributed by atoms with E-state index in [-0.39, 0.29) is 11.9 Å². The van der Waals surface area contributed by atoms with E-state index < -0.39 is 0 Å². The molecule has 1 aliphatic heterocycles. The highest BCUT2D eigenvalue weighted by Crippen LogP contribution is 2.25. The van der Waals surface area contributed by atoms with Gasteiger partial charge in [0.1, 0.15) is 11.5 Å². The number of benzene rings is 1. The van der Waals surface area contributed by atoms with E-state index in [1.165, 1.54) is 11.1 Å². The van der Waals surface area contributed by atoms with E-state index in [4.69, 9.17) is 5.73 Å². The normalized spacial score (nSPS) is 13.8. The van der Waals surface area contributed by atoms with Crippen molar-refractivity contribution in [2.24, 2.45) is 0 Å². The van der Waals surface area contributed by atoms with Crippen molar-refractivity contribution in [2.75, 3.05) is 5.73 Å². The molecule has 0 radical (unpaired) electrons. The van der Waals surface area contributed by atoms with Gasteiger partial charge in [-0.3, -0.25) is 9.48 Å². The fourth-order valence-electron chi connectivity index (χ4n) is 2.61. The summed E-state index contributed by atoms with van der Waals surface area (Å²) in [5.41, 5.74) is 8.72. The average Bonchev–Trinajstić information content (AvgIpc) is 3.01. The predicted molar refractivity (Wildman–Crippen MR) is 77.0 cm³/mol. The van der Waals surface area contributed by atoms with Gasteiger partial charge >= 0.3 is 0 Å². The number of hydrogen-bond acceptors (Lipinski definition) is 3. The first-order valence-corrected chi connectivity index (χ1v) is 6.77. The van der Waals surface area contributed by atoms with E-state index in [0.717, 1.165) is 0 Å². The molecule has 1 amide bonds. The van der Waals surface area contributed by atoms with Gasteiger partial charge in [0.25, 0.3) is 5.91 Å². The van der Waals surface area contributed by atoms with E-state index in [1.807, 2.05) is 30.9 Å². The van der Waals surface area contributed by atoms with Crippen molar-refractivity contribution >= 4 is 11.7 Å². The molecule has 20 heavy (non-hydrogen) atoms. The van der Waals surface area contributed by atoms with Crippen LogP contribution in [0.2, 0.25) is 0 Å². The van der Waals surface area contributed by atoms with E-state index >= 15 is 0 Å². The molecule has 1 aromatic carbocycles. The third-order valence-corrected chi connectivity index (χ3v) is 3.59. The van der Waals surface area contributed by atoms with Crippen molar-refractivity contribution in [2.45, 2.75) is 33.0 Å². The number of nitrogens with zero attached hydrogens (tertiary/aromatic N) is 3. The first kappa shape index (κ1) is 12.7. The van der Waals surface area contributed by atoms with Crippen LogP contribution in [0.4, 0.5) is 5.82 Å². The van der Waals surface area contributed by atoms with Gasteiger partial charge in [0.2, 0.25) is 0 Å². The maximum Gasteiger partial charge on any atom is 0.272 e. The topological polar surface area (TPSA) is 64.2 Å². The third-order valence-electron chi connectivity index (χ3n) is 3.59. The summed E-state index contributed by atoms with van der Waals surface area (Å²) in [6.07, 6.45) is 0. The van der Waals surface area contributed by atoms with Gasteiger partial charge in [-0.25, -0.2) is 0 Å². The first-order valence-electron chi connectivity index (χ1n) is 6.77. The molecule has 0 aliphatic carbocycles. The van der Waals surface area contributed by atoms with Crippen LogP contribution in [-0.4, -0.2) is 20.6 Å². The SMILES string of the molecule is CC(C)n1nc(N)cc1C(=O)N1Cc2ccccc2C1. The zero-order valence-corrected chi connectivity index (χ0v) is 11.7. The van der Waals surface area contributed by atoms with Crippen LogP contribution in [0.15, 0.2) is 30.3 Å². The summed E-state index contributed by atoms with van der Waals surface area (Å²) in [5.74, 6) is 0.373. The molecule has 5 heteroatoms. The smallest absolute Gasteiger partial charge is 0.272 e. The number of nitrogens with two attached hydrogens (primary N) is 1. The Hall–Kier alpha value is -2.30. The molecule has 104 valence electrons. The summed E-state index contributed by atoms with van der Waals surface area (Å²) in [7, 11) is 0. The Kier molecular flexibility index (Phi) is 2.97. The van der Waals surface area contributed by atoms with Gasteiger partial charge in [-0.15, -0.1) is 0 Å². The number of rotatable bonds is 2. The Morgan fingerprint density at radius 3 is 2.40 bits per heavy atom. The highest BCUT2D eigenvalue weighted by Gasteiger charge is 2.27. The van der Waals surface area contributed by atoms with Crippen LogP contribution in [0, 0.1) is 0 Å². The summed E-state index contributed by atoms with van der Waals surface area (Å²) >= 11 is 0. The molecule has 0 atom stereocenters. The molecular weight excluding hydrogens is 252 g/mol. The number of hydrogen-bond donors (Lipinski definition) is 1. The lowest BCUT2D eigenvalue weighted by Crippen LogP contribution is -2.28. The Morgan fingerprint density at radius 1 is 1.25 bits per heavy atom. The Morgan fingerprint density at radius 2 is 1.85 bits per heavy atom. The first-order chi connectivity index (χ1) is 9.56. The van der Waals surface area contributed by atoms with Gasteiger partial charge in [0.15, 0.2) is 0 Å². The largest absolute Gasteiger partial charge is 0.382 e. The van der Waals surface area contributed by atoms with E-state index in [2.05, 4.69) is 17.2 Å². The molecule has 1 aliphatic rings. The van der Waals surface area contributed by atoms with Crippen molar-refractivity contribution in [1.82, 2.24) is 14.7 Å². The molecule has 3 rings (SSSR count). The van der Waals surface area contributed by atoms with Crippen LogP contribution in [0.3, 0.4) is 0 Å². The minimum absolute atomic E-state index is 0.0147. The number of carbonyl (C=O) groups is 1. The van der Waals surface area contributed by atoms with Crippen LogP contribution in [0.5, 0.6) is 0 Å². The molecule has 0 saturated carbocycles. The second kappa shape index (κ2) is 4.67. The molecule has 0 unspecified atom stereocenters. The van der Waals surface area contributed by atoms with Gasteiger partial charge in [-0.1, -0.05) is 24.3 Å². The molecule has 0 bridgehead atoms. The lowest BCUT2D eigenvalue weighted by atomic mass is 10.1. The number of amides is 1. The number of aromatic nitrogens is 2. The second-order valence-electron chi connectivity index (χ2n) is 5.42. The molecule has 1 aromatic heterocycles. The number of nitrogen functional groups attached to an aromatic ring is 1. The number of anilines is 1. The van der Waals surface area contributed by atoms with E-state index in [1.54, 1.807) is 10.7 Å². The number of fused-ring (bicyclic) bond motifs is 1. The summed E-state index contributed by atoms with van der Waals surface area (Å²) in [5, 5.41) is 4.20. The van der Waals surface area contributed by atoms with Crippen molar-refractivity contribution < 1.29 is 4.79 Å². The molecule has 2 aromatic rings.